The Morgan fingerprint density at radius 2 is 1.71 bits per heavy atom. The second kappa shape index (κ2) is 7.25. The van der Waals surface area contributed by atoms with Gasteiger partial charge in [0.2, 0.25) is 0 Å². The van der Waals surface area contributed by atoms with Crippen LogP contribution in [0.4, 0.5) is 22.0 Å². The third-order valence-electron chi connectivity index (χ3n) is 4.58. The summed E-state index contributed by atoms with van der Waals surface area (Å²) >= 11 is 0. The Labute approximate surface area is 156 Å². The van der Waals surface area contributed by atoms with E-state index in [1.807, 2.05) is 0 Å². The minimum atomic E-state index is -5.07. The fourth-order valence-corrected chi connectivity index (χ4v) is 2.80. The molecule has 0 spiro atoms. The van der Waals surface area contributed by atoms with Gasteiger partial charge in [0.15, 0.2) is 17.4 Å². The highest BCUT2D eigenvalue weighted by atomic mass is 19.4. The molecule has 0 bridgehead atoms. The number of carbonyl (C=O) groups excluding carboxylic acids is 2. The Morgan fingerprint density at radius 3 is 2.25 bits per heavy atom. The van der Waals surface area contributed by atoms with Gasteiger partial charge in [0, 0.05) is 24.2 Å². The molecule has 5 nitrogen and oxygen atoms in total. The summed E-state index contributed by atoms with van der Waals surface area (Å²) in [6.45, 7) is -0.833. The van der Waals surface area contributed by atoms with Crippen LogP contribution in [0.1, 0.15) is 34.6 Å². The van der Waals surface area contributed by atoms with Crippen molar-refractivity contribution in [3.8, 4) is 0 Å². The average Bonchev–Trinajstić information content (AvgIpc) is 3.42. The summed E-state index contributed by atoms with van der Waals surface area (Å²) in [5, 5.41) is 1.48. The van der Waals surface area contributed by atoms with E-state index in [9.17, 15) is 31.5 Å². The number of benzene rings is 1. The number of aromatic nitrogens is 2. The van der Waals surface area contributed by atoms with Crippen molar-refractivity contribution in [3.05, 3.63) is 59.2 Å². The van der Waals surface area contributed by atoms with Crippen LogP contribution in [0.2, 0.25) is 0 Å². The standard InChI is InChI=1S/C18H14F5N3O2/c19-12-2-1-11(5-13(12)20)17(3-4-17)6-15-24-7-10(8-25-15)14(27)9-26-16(28)18(21,22)23/h1-2,5,7-8H,3-4,6,9H2,(H,26,28). The molecule has 1 aromatic carbocycles. The van der Waals surface area contributed by atoms with Crippen molar-refractivity contribution in [1.82, 2.24) is 15.3 Å². The summed E-state index contributed by atoms with van der Waals surface area (Å²) in [5.74, 6) is -4.49. The molecular weight excluding hydrogens is 385 g/mol. The number of Topliss-reactive ketones (excluding diaryl/α,β-unsaturated/α-hetero) is 1. The molecule has 0 atom stereocenters. The van der Waals surface area contributed by atoms with Crippen LogP contribution in [-0.2, 0) is 16.6 Å². The molecule has 1 heterocycles. The highest BCUT2D eigenvalue weighted by molar-refractivity contribution is 5.99. The molecule has 0 unspecified atom stereocenters. The van der Waals surface area contributed by atoms with Gasteiger partial charge in [0.05, 0.1) is 12.1 Å². The molecule has 0 aliphatic heterocycles. The van der Waals surface area contributed by atoms with Crippen LogP contribution in [0.25, 0.3) is 0 Å². The number of hydrogen-bond acceptors (Lipinski definition) is 4. The first kappa shape index (κ1) is 19.8. The summed E-state index contributed by atoms with van der Waals surface area (Å²) in [4.78, 5) is 30.6. The number of alkyl halides is 3. The zero-order valence-corrected chi connectivity index (χ0v) is 14.3. The van der Waals surface area contributed by atoms with E-state index in [-0.39, 0.29) is 5.56 Å². The lowest BCUT2D eigenvalue weighted by molar-refractivity contribution is -0.173. The molecule has 1 aliphatic carbocycles. The monoisotopic (exact) mass is 399 g/mol. The van der Waals surface area contributed by atoms with Gasteiger partial charge in [0.25, 0.3) is 0 Å². The number of carbonyl (C=O) groups is 2. The third kappa shape index (κ3) is 4.32. The number of amides is 1. The van der Waals surface area contributed by atoms with Crippen LogP contribution in [0.3, 0.4) is 0 Å². The van der Waals surface area contributed by atoms with Gasteiger partial charge in [-0.2, -0.15) is 13.2 Å². The van der Waals surface area contributed by atoms with E-state index in [0.29, 0.717) is 17.8 Å². The predicted octanol–water partition coefficient (Wildman–Crippen LogP) is 2.89. The lowest BCUT2D eigenvalue weighted by atomic mass is 9.92. The van der Waals surface area contributed by atoms with Crippen molar-refractivity contribution in [2.45, 2.75) is 30.9 Å². The molecular formula is C18H14F5N3O2. The molecule has 148 valence electrons. The number of halogens is 5. The minimum Gasteiger partial charge on any atom is -0.341 e. The molecule has 10 heteroatoms. The van der Waals surface area contributed by atoms with Crippen LogP contribution < -0.4 is 5.32 Å². The Hall–Kier alpha value is -2.91. The van der Waals surface area contributed by atoms with E-state index in [1.165, 1.54) is 11.4 Å². The predicted molar refractivity (Wildman–Crippen MR) is 86.4 cm³/mol. The molecule has 3 rings (SSSR count). The van der Waals surface area contributed by atoms with Gasteiger partial charge < -0.3 is 5.32 Å². The minimum absolute atomic E-state index is 0.0519. The SMILES string of the molecule is O=C(CNC(=O)C(F)(F)F)c1cnc(CC2(c3ccc(F)c(F)c3)CC2)nc1. The van der Waals surface area contributed by atoms with Crippen molar-refractivity contribution < 1.29 is 31.5 Å². The molecule has 1 amide bonds. The van der Waals surface area contributed by atoms with E-state index in [1.54, 1.807) is 0 Å². The Bertz CT molecular complexity index is 908. The van der Waals surface area contributed by atoms with Crippen LogP contribution >= 0.6 is 0 Å². The van der Waals surface area contributed by atoms with Crippen molar-refractivity contribution >= 4 is 11.7 Å². The third-order valence-corrected chi connectivity index (χ3v) is 4.58. The first-order valence-electron chi connectivity index (χ1n) is 8.25. The summed E-state index contributed by atoms with van der Waals surface area (Å²) in [6, 6.07) is 3.71. The average molecular weight is 399 g/mol. The van der Waals surface area contributed by atoms with Gasteiger partial charge in [-0.25, -0.2) is 18.7 Å². The number of hydrogen-bond donors (Lipinski definition) is 1. The number of nitrogens with one attached hydrogen (secondary N) is 1. The lowest BCUT2D eigenvalue weighted by Crippen LogP contribution is -2.39. The number of nitrogens with zero attached hydrogens (tertiary/aromatic N) is 2. The van der Waals surface area contributed by atoms with Crippen molar-refractivity contribution in [2.75, 3.05) is 6.54 Å². The quantitative estimate of drug-likeness (QED) is 0.599. The fourth-order valence-electron chi connectivity index (χ4n) is 2.80. The molecule has 1 aliphatic rings. The molecule has 28 heavy (non-hydrogen) atoms. The van der Waals surface area contributed by atoms with Gasteiger partial charge in [-0.3, -0.25) is 9.59 Å². The maximum atomic E-state index is 13.5. The van der Waals surface area contributed by atoms with Crippen LogP contribution in [-0.4, -0.2) is 34.4 Å². The van der Waals surface area contributed by atoms with Crippen molar-refractivity contribution in [3.63, 3.8) is 0 Å². The maximum Gasteiger partial charge on any atom is 0.471 e. The van der Waals surface area contributed by atoms with Gasteiger partial charge in [-0.1, -0.05) is 6.07 Å². The van der Waals surface area contributed by atoms with Crippen LogP contribution in [0.5, 0.6) is 0 Å². The number of ketones is 1. The van der Waals surface area contributed by atoms with E-state index < -0.39 is 41.5 Å². The Morgan fingerprint density at radius 1 is 1.07 bits per heavy atom. The zero-order chi connectivity index (χ0) is 20.5. The summed E-state index contributed by atoms with van der Waals surface area (Å²) < 4.78 is 62.9. The number of rotatable bonds is 6. The van der Waals surface area contributed by atoms with E-state index in [4.69, 9.17) is 0 Å². The van der Waals surface area contributed by atoms with E-state index >= 15 is 0 Å². The normalized spacial score (nSPS) is 15.2. The topological polar surface area (TPSA) is 72.0 Å². The van der Waals surface area contributed by atoms with Crippen molar-refractivity contribution in [1.29, 1.82) is 0 Å². The summed E-state index contributed by atoms with van der Waals surface area (Å²) in [7, 11) is 0. The fraction of sp³-hybridized carbons (Fsp3) is 0.333. The largest absolute Gasteiger partial charge is 0.471 e. The second-order valence-corrected chi connectivity index (χ2v) is 6.58. The summed E-state index contributed by atoms with van der Waals surface area (Å²) in [6.07, 6.45) is -0.926. The molecule has 1 aromatic heterocycles. The lowest BCUT2D eigenvalue weighted by Gasteiger charge is -2.15. The first-order chi connectivity index (χ1) is 13.1. The zero-order valence-electron chi connectivity index (χ0n) is 14.3. The van der Waals surface area contributed by atoms with Crippen LogP contribution in [0.15, 0.2) is 30.6 Å². The molecule has 2 aromatic rings. The Kier molecular flexibility index (Phi) is 5.14. The van der Waals surface area contributed by atoms with Gasteiger partial charge in [-0.05, 0) is 30.5 Å². The molecule has 1 saturated carbocycles. The molecule has 1 fully saturated rings. The maximum absolute atomic E-state index is 13.5. The van der Waals surface area contributed by atoms with Gasteiger partial charge in [-0.15, -0.1) is 0 Å². The molecule has 1 N–H and O–H groups in total. The smallest absolute Gasteiger partial charge is 0.341 e. The highest BCUT2D eigenvalue weighted by Gasteiger charge is 2.45. The van der Waals surface area contributed by atoms with Crippen LogP contribution in [0, 0.1) is 11.6 Å². The summed E-state index contributed by atoms with van der Waals surface area (Å²) in [5.41, 5.74) is 0.176. The van der Waals surface area contributed by atoms with E-state index in [0.717, 1.165) is 37.4 Å². The first-order valence-corrected chi connectivity index (χ1v) is 8.25. The van der Waals surface area contributed by atoms with Gasteiger partial charge in [0.1, 0.15) is 5.82 Å². The molecule has 0 saturated heterocycles. The molecule has 0 radical (unpaired) electrons. The highest BCUT2D eigenvalue weighted by Crippen LogP contribution is 2.50. The van der Waals surface area contributed by atoms with Gasteiger partial charge >= 0.3 is 12.1 Å². The second-order valence-electron chi connectivity index (χ2n) is 6.58. The van der Waals surface area contributed by atoms with E-state index in [2.05, 4.69) is 9.97 Å². The Balaban J connectivity index is 1.64. The van der Waals surface area contributed by atoms with Crippen molar-refractivity contribution in [2.24, 2.45) is 0 Å².